The number of alkyl halides is 6. The van der Waals surface area contributed by atoms with E-state index in [4.69, 9.17) is 14.2 Å². The third kappa shape index (κ3) is 6.50. The van der Waals surface area contributed by atoms with Crippen molar-refractivity contribution in [2.75, 3.05) is 0 Å². The molecule has 0 unspecified atom stereocenters. The van der Waals surface area contributed by atoms with Gasteiger partial charge in [0.2, 0.25) is 6.29 Å². The molecule has 0 aliphatic carbocycles. The molecule has 3 rings (SSSR count). The topological polar surface area (TPSA) is 44.8 Å². The Hall–Kier alpha value is -3.01. The Morgan fingerprint density at radius 3 is 2.06 bits per heavy atom. The molecule has 0 radical (unpaired) electrons. The molecule has 1 fully saturated rings. The van der Waals surface area contributed by atoms with E-state index in [1.165, 1.54) is 18.2 Å². The molecule has 0 bridgehead atoms. The van der Waals surface area contributed by atoms with Gasteiger partial charge in [0.05, 0.1) is 29.4 Å². The summed E-state index contributed by atoms with van der Waals surface area (Å²) in [7, 11) is 0. The second kappa shape index (κ2) is 9.46. The third-order valence-corrected chi connectivity index (χ3v) is 4.64. The summed E-state index contributed by atoms with van der Waals surface area (Å²) in [6.07, 6.45) is -11.2. The zero-order valence-corrected chi connectivity index (χ0v) is 17.5. The maximum absolute atomic E-state index is 13.2. The van der Waals surface area contributed by atoms with E-state index in [2.05, 4.69) is 0 Å². The van der Waals surface area contributed by atoms with Gasteiger partial charge in [-0.05, 0) is 43.7 Å². The molecule has 1 aliphatic heterocycles. The highest BCUT2D eigenvalue weighted by atomic mass is 19.4. The van der Waals surface area contributed by atoms with Gasteiger partial charge in [0.1, 0.15) is 5.76 Å². The van der Waals surface area contributed by atoms with E-state index >= 15 is 0 Å². The number of benzene rings is 2. The van der Waals surface area contributed by atoms with Crippen molar-refractivity contribution in [2.24, 2.45) is 0 Å². The molecule has 0 amide bonds. The number of carbonyl (C=O) groups excluding carboxylic acids is 1. The van der Waals surface area contributed by atoms with Gasteiger partial charge < -0.3 is 14.2 Å². The molecule has 0 N–H and O–H groups in total. The lowest BCUT2D eigenvalue weighted by atomic mass is 10.0. The quantitative estimate of drug-likeness (QED) is 0.280. The Kier molecular flexibility index (Phi) is 7.06. The summed E-state index contributed by atoms with van der Waals surface area (Å²) >= 11 is 0. The highest BCUT2D eigenvalue weighted by Crippen LogP contribution is 2.42. The summed E-state index contributed by atoms with van der Waals surface area (Å²) in [5.74, 6) is -0.746. The van der Waals surface area contributed by atoms with Crippen LogP contribution in [0.15, 0.2) is 60.4 Å². The van der Waals surface area contributed by atoms with E-state index in [1.807, 2.05) is 0 Å². The normalized spacial score (nSPS) is 20.6. The summed E-state index contributed by atoms with van der Waals surface area (Å²) in [5, 5.41) is 0. The van der Waals surface area contributed by atoms with Crippen molar-refractivity contribution >= 4 is 5.97 Å². The zero-order chi connectivity index (χ0) is 24.4. The Morgan fingerprint density at radius 2 is 1.52 bits per heavy atom. The maximum atomic E-state index is 13.2. The van der Waals surface area contributed by atoms with E-state index in [9.17, 15) is 31.1 Å². The van der Waals surface area contributed by atoms with Crippen LogP contribution in [0.5, 0.6) is 0 Å². The monoisotopic (exact) mass is 474 g/mol. The molecule has 0 saturated carbocycles. The SMILES string of the molecule is CC(C)OC(=O)/C=C1\C[C@@H](c2cccc(C(F)(F)F)c2)O[C@@H](c2cccc(C(F)(F)F)c2)O1. The van der Waals surface area contributed by atoms with E-state index in [-0.39, 0.29) is 23.3 Å². The van der Waals surface area contributed by atoms with Crippen LogP contribution in [0.4, 0.5) is 26.3 Å². The summed E-state index contributed by atoms with van der Waals surface area (Å²) in [6, 6.07) is 8.57. The van der Waals surface area contributed by atoms with Crippen LogP contribution in [0, 0.1) is 0 Å². The molecule has 1 heterocycles. The average Bonchev–Trinajstić information content (AvgIpc) is 2.72. The summed E-state index contributed by atoms with van der Waals surface area (Å²) < 4.78 is 95.3. The number of carbonyl (C=O) groups is 1. The van der Waals surface area contributed by atoms with Crippen molar-refractivity contribution in [3.63, 3.8) is 0 Å². The first-order valence-corrected chi connectivity index (χ1v) is 9.90. The minimum atomic E-state index is -4.62. The maximum Gasteiger partial charge on any atom is 0.416 e. The molecule has 178 valence electrons. The number of halogens is 6. The van der Waals surface area contributed by atoms with Crippen molar-refractivity contribution in [3.05, 3.63) is 82.6 Å². The minimum absolute atomic E-state index is 0.00960. The van der Waals surface area contributed by atoms with Crippen LogP contribution >= 0.6 is 0 Å². The van der Waals surface area contributed by atoms with Crippen molar-refractivity contribution in [1.82, 2.24) is 0 Å². The van der Waals surface area contributed by atoms with E-state index in [1.54, 1.807) is 13.8 Å². The Labute approximate surface area is 185 Å². The molecule has 0 spiro atoms. The van der Waals surface area contributed by atoms with Gasteiger partial charge in [-0.3, -0.25) is 0 Å². The molecule has 2 aromatic rings. The van der Waals surface area contributed by atoms with Gasteiger partial charge in [-0.15, -0.1) is 0 Å². The van der Waals surface area contributed by atoms with Crippen LogP contribution < -0.4 is 0 Å². The standard InChI is InChI=1S/C23H20F6O4/c1-13(2)31-20(30)12-18-11-19(14-5-3-7-16(9-14)22(24,25)26)33-21(32-18)15-6-4-8-17(10-15)23(27,28)29/h3-10,12-13,19,21H,11H2,1-2H3/b18-12+/t19-,21-/m0/s1. The number of ether oxygens (including phenoxy) is 3. The van der Waals surface area contributed by atoms with Crippen LogP contribution in [0.2, 0.25) is 0 Å². The number of esters is 1. The molecule has 2 atom stereocenters. The van der Waals surface area contributed by atoms with E-state index < -0.39 is 47.9 Å². The molecule has 0 aromatic heterocycles. The van der Waals surface area contributed by atoms with Crippen molar-refractivity contribution < 1.29 is 45.3 Å². The van der Waals surface area contributed by atoms with Crippen LogP contribution in [0.1, 0.15) is 54.9 Å². The highest BCUT2D eigenvalue weighted by Gasteiger charge is 2.35. The second-order valence-electron chi connectivity index (χ2n) is 7.62. The Balaban J connectivity index is 1.98. The van der Waals surface area contributed by atoms with Crippen LogP contribution in [-0.2, 0) is 31.4 Å². The molecule has 2 aromatic carbocycles. The smallest absolute Gasteiger partial charge is 0.416 e. The van der Waals surface area contributed by atoms with Gasteiger partial charge in [-0.1, -0.05) is 24.3 Å². The summed E-state index contributed by atoms with van der Waals surface area (Å²) in [4.78, 5) is 12.1. The highest BCUT2D eigenvalue weighted by molar-refractivity contribution is 5.82. The van der Waals surface area contributed by atoms with Gasteiger partial charge in [-0.2, -0.15) is 26.3 Å². The lowest BCUT2D eigenvalue weighted by Gasteiger charge is -2.33. The van der Waals surface area contributed by atoms with Crippen molar-refractivity contribution in [2.45, 2.75) is 51.1 Å². The minimum Gasteiger partial charge on any atom is -0.465 e. The second-order valence-corrected chi connectivity index (χ2v) is 7.62. The lowest BCUT2D eigenvalue weighted by molar-refractivity contribution is -0.192. The molecule has 4 nitrogen and oxygen atoms in total. The predicted octanol–water partition coefficient (Wildman–Crippen LogP) is 6.74. The van der Waals surface area contributed by atoms with Crippen molar-refractivity contribution in [3.8, 4) is 0 Å². The average molecular weight is 474 g/mol. The number of rotatable bonds is 4. The van der Waals surface area contributed by atoms with Gasteiger partial charge in [0.15, 0.2) is 0 Å². The van der Waals surface area contributed by atoms with Gasteiger partial charge in [-0.25, -0.2) is 4.79 Å². The van der Waals surface area contributed by atoms with Crippen LogP contribution in [0.25, 0.3) is 0 Å². The van der Waals surface area contributed by atoms with E-state index in [0.717, 1.165) is 36.4 Å². The molecule has 1 aliphatic rings. The zero-order valence-electron chi connectivity index (χ0n) is 17.5. The predicted molar refractivity (Wildman–Crippen MR) is 104 cm³/mol. The molecule has 33 heavy (non-hydrogen) atoms. The fraction of sp³-hybridized carbons (Fsp3) is 0.348. The first kappa shape index (κ1) is 24.6. The number of hydrogen-bond donors (Lipinski definition) is 0. The summed E-state index contributed by atoms with van der Waals surface area (Å²) in [5.41, 5.74) is -1.73. The van der Waals surface area contributed by atoms with Crippen LogP contribution in [-0.4, -0.2) is 12.1 Å². The molecular formula is C23H20F6O4. The molecule has 1 saturated heterocycles. The third-order valence-electron chi connectivity index (χ3n) is 4.64. The fourth-order valence-corrected chi connectivity index (χ4v) is 3.20. The first-order chi connectivity index (χ1) is 15.3. The first-order valence-electron chi connectivity index (χ1n) is 9.90. The fourth-order valence-electron chi connectivity index (χ4n) is 3.20. The van der Waals surface area contributed by atoms with Gasteiger partial charge in [0.25, 0.3) is 0 Å². The largest absolute Gasteiger partial charge is 0.465 e. The molecule has 10 heteroatoms. The molecular weight excluding hydrogens is 454 g/mol. The Bertz CT molecular complexity index is 959. The van der Waals surface area contributed by atoms with E-state index in [0.29, 0.717) is 0 Å². The summed E-state index contributed by atoms with van der Waals surface area (Å²) in [6.45, 7) is 3.25. The number of hydrogen-bond acceptors (Lipinski definition) is 4. The van der Waals surface area contributed by atoms with Gasteiger partial charge in [0, 0.05) is 12.0 Å². The van der Waals surface area contributed by atoms with Crippen LogP contribution in [0.3, 0.4) is 0 Å². The Morgan fingerprint density at radius 1 is 0.970 bits per heavy atom. The lowest BCUT2D eigenvalue weighted by Crippen LogP contribution is -2.22. The van der Waals surface area contributed by atoms with Crippen molar-refractivity contribution in [1.29, 1.82) is 0 Å². The van der Waals surface area contributed by atoms with Gasteiger partial charge >= 0.3 is 18.3 Å².